The van der Waals surface area contributed by atoms with Crippen molar-refractivity contribution in [1.29, 1.82) is 0 Å². The number of aromatic nitrogens is 1. The van der Waals surface area contributed by atoms with Crippen LogP contribution in [0.5, 0.6) is 0 Å². The number of ketones is 1. The molecule has 1 aromatic rings. The highest BCUT2D eigenvalue weighted by molar-refractivity contribution is 7.09. The molecule has 0 bridgehead atoms. The average molecular weight is 225 g/mol. The Morgan fingerprint density at radius 1 is 1.73 bits per heavy atom. The lowest BCUT2D eigenvalue weighted by atomic mass is 10.1. The number of thiazole rings is 1. The van der Waals surface area contributed by atoms with Gasteiger partial charge in [-0.1, -0.05) is 0 Å². The molecule has 0 spiro atoms. The molecule has 2 heterocycles. The van der Waals surface area contributed by atoms with Crippen LogP contribution in [-0.4, -0.2) is 23.5 Å². The Labute approximate surface area is 93.5 Å². The molecule has 1 aromatic heterocycles. The maximum absolute atomic E-state index is 11.7. The van der Waals surface area contributed by atoms with Crippen LogP contribution in [0.3, 0.4) is 0 Å². The van der Waals surface area contributed by atoms with Crippen molar-refractivity contribution in [3.8, 4) is 0 Å². The zero-order valence-electron chi connectivity index (χ0n) is 8.86. The molecule has 1 fully saturated rings. The van der Waals surface area contributed by atoms with Crippen LogP contribution < -0.4 is 0 Å². The van der Waals surface area contributed by atoms with Crippen molar-refractivity contribution < 1.29 is 9.53 Å². The van der Waals surface area contributed by atoms with Crippen molar-refractivity contribution in [1.82, 2.24) is 4.98 Å². The fourth-order valence-corrected chi connectivity index (χ4v) is 2.58. The Kier molecular flexibility index (Phi) is 3.49. The molecule has 0 radical (unpaired) electrons. The molecule has 1 saturated heterocycles. The van der Waals surface area contributed by atoms with E-state index in [9.17, 15) is 4.79 Å². The van der Waals surface area contributed by atoms with Gasteiger partial charge in [0.2, 0.25) is 0 Å². The average Bonchev–Trinajstić information content (AvgIpc) is 2.77. The number of hydrogen-bond donors (Lipinski definition) is 0. The number of carbonyl (C=O) groups is 1. The summed E-state index contributed by atoms with van der Waals surface area (Å²) in [6.45, 7) is 2.76. The lowest BCUT2D eigenvalue weighted by Crippen LogP contribution is -2.14. The Morgan fingerprint density at radius 3 is 3.20 bits per heavy atom. The predicted molar refractivity (Wildman–Crippen MR) is 59.2 cm³/mol. The van der Waals surface area contributed by atoms with E-state index < -0.39 is 0 Å². The van der Waals surface area contributed by atoms with Crippen LogP contribution in [0.15, 0.2) is 5.38 Å². The molecular weight excluding hydrogens is 210 g/mol. The van der Waals surface area contributed by atoms with Crippen LogP contribution in [-0.2, 0) is 16.0 Å². The first-order chi connectivity index (χ1) is 7.24. The lowest BCUT2D eigenvalue weighted by molar-refractivity contribution is -0.120. The Balaban J connectivity index is 1.81. The maximum atomic E-state index is 11.7. The Bertz CT molecular complexity index is 342. The van der Waals surface area contributed by atoms with Gasteiger partial charge in [-0.05, 0) is 19.8 Å². The van der Waals surface area contributed by atoms with Crippen molar-refractivity contribution in [2.24, 2.45) is 0 Å². The van der Waals surface area contributed by atoms with E-state index in [0.29, 0.717) is 12.8 Å². The summed E-state index contributed by atoms with van der Waals surface area (Å²) in [5.41, 5.74) is 1.000. The van der Waals surface area contributed by atoms with Gasteiger partial charge in [0.25, 0.3) is 0 Å². The summed E-state index contributed by atoms with van der Waals surface area (Å²) in [7, 11) is 0. The SMILES string of the molecule is Cc1csc(CC(=O)CC2CCCO2)n1. The largest absolute Gasteiger partial charge is 0.378 e. The molecule has 4 heteroatoms. The molecule has 1 aliphatic rings. The molecule has 3 nitrogen and oxygen atoms in total. The molecular formula is C11H15NO2S. The van der Waals surface area contributed by atoms with Gasteiger partial charge in [0.1, 0.15) is 10.8 Å². The fraction of sp³-hybridized carbons (Fsp3) is 0.636. The summed E-state index contributed by atoms with van der Waals surface area (Å²) in [4.78, 5) is 15.9. The van der Waals surface area contributed by atoms with E-state index >= 15 is 0 Å². The third kappa shape index (κ3) is 3.11. The van der Waals surface area contributed by atoms with Crippen LogP contribution in [0.1, 0.15) is 30.0 Å². The third-order valence-electron chi connectivity index (χ3n) is 2.49. The van der Waals surface area contributed by atoms with Gasteiger partial charge in [-0.15, -0.1) is 11.3 Å². The molecule has 15 heavy (non-hydrogen) atoms. The van der Waals surface area contributed by atoms with Crippen molar-refractivity contribution in [2.45, 2.75) is 38.7 Å². The van der Waals surface area contributed by atoms with Gasteiger partial charge in [-0.3, -0.25) is 4.79 Å². The Hall–Kier alpha value is -0.740. The number of aryl methyl sites for hydroxylation is 1. The molecule has 0 aliphatic carbocycles. The van der Waals surface area contributed by atoms with Gasteiger partial charge < -0.3 is 4.74 Å². The maximum Gasteiger partial charge on any atom is 0.142 e. The number of ether oxygens (including phenoxy) is 1. The van der Waals surface area contributed by atoms with E-state index in [2.05, 4.69) is 4.98 Å². The summed E-state index contributed by atoms with van der Waals surface area (Å²) >= 11 is 1.56. The fourth-order valence-electron chi connectivity index (χ4n) is 1.78. The number of carbonyl (C=O) groups excluding carboxylic acids is 1. The number of nitrogens with zero attached hydrogens (tertiary/aromatic N) is 1. The highest BCUT2D eigenvalue weighted by Crippen LogP contribution is 2.17. The summed E-state index contributed by atoms with van der Waals surface area (Å²) in [6, 6.07) is 0. The van der Waals surface area contributed by atoms with Crippen LogP contribution in [0, 0.1) is 6.92 Å². The molecule has 1 aliphatic heterocycles. The first kappa shape index (κ1) is 10.8. The summed E-state index contributed by atoms with van der Waals surface area (Å²) in [5.74, 6) is 0.247. The topological polar surface area (TPSA) is 39.2 Å². The van der Waals surface area contributed by atoms with Gasteiger partial charge in [0.05, 0.1) is 12.5 Å². The van der Waals surface area contributed by atoms with Gasteiger partial charge >= 0.3 is 0 Å². The van der Waals surface area contributed by atoms with E-state index in [4.69, 9.17) is 4.74 Å². The van der Waals surface area contributed by atoms with E-state index in [1.54, 1.807) is 11.3 Å². The lowest BCUT2D eigenvalue weighted by Gasteiger charge is -2.06. The molecule has 82 valence electrons. The first-order valence-electron chi connectivity index (χ1n) is 5.28. The standard InChI is InChI=1S/C11H15NO2S/c1-8-7-15-11(12-8)6-9(13)5-10-3-2-4-14-10/h7,10H,2-6H2,1H3. The Morgan fingerprint density at radius 2 is 2.60 bits per heavy atom. The van der Waals surface area contributed by atoms with Crippen molar-refractivity contribution in [2.75, 3.05) is 6.61 Å². The molecule has 2 rings (SSSR count). The second-order valence-corrected chi connectivity index (χ2v) is 4.88. The zero-order chi connectivity index (χ0) is 10.7. The second-order valence-electron chi connectivity index (χ2n) is 3.94. The molecule has 0 aromatic carbocycles. The van der Waals surface area contributed by atoms with E-state index in [1.807, 2.05) is 12.3 Å². The number of rotatable bonds is 4. The minimum Gasteiger partial charge on any atom is -0.378 e. The normalized spacial score (nSPS) is 20.7. The second kappa shape index (κ2) is 4.86. The molecule has 0 saturated carbocycles. The quantitative estimate of drug-likeness (QED) is 0.788. The summed E-state index contributed by atoms with van der Waals surface area (Å²) in [5, 5.41) is 2.91. The first-order valence-corrected chi connectivity index (χ1v) is 6.16. The van der Waals surface area contributed by atoms with Gasteiger partial charge in [0.15, 0.2) is 0 Å². The van der Waals surface area contributed by atoms with Crippen LogP contribution >= 0.6 is 11.3 Å². The van der Waals surface area contributed by atoms with Crippen LogP contribution in [0.25, 0.3) is 0 Å². The minimum atomic E-state index is 0.165. The molecule has 0 amide bonds. The number of hydrogen-bond acceptors (Lipinski definition) is 4. The van der Waals surface area contributed by atoms with Gasteiger partial charge in [-0.25, -0.2) is 4.98 Å². The zero-order valence-corrected chi connectivity index (χ0v) is 9.68. The predicted octanol–water partition coefficient (Wildman–Crippen LogP) is 2.13. The molecule has 1 atom stereocenters. The third-order valence-corrected chi connectivity index (χ3v) is 3.46. The van der Waals surface area contributed by atoms with Crippen LogP contribution in [0.2, 0.25) is 0 Å². The highest BCUT2D eigenvalue weighted by atomic mass is 32.1. The number of Topliss-reactive ketones (excluding diaryl/α,β-unsaturated/α-hetero) is 1. The van der Waals surface area contributed by atoms with Crippen molar-refractivity contribution in [3.63, 3.8) is 0 Å². The van der Waals surface area contributed by atoms with Crippen molar-refractivity contribution >= 4 is 17.1 Å². The van der Waals surface area contributed by atoms with Crippen molar-refractivity contribution in [3.05, 3.63) is 16.1 Å². The monoisotopic (exact) mass is 225 g/mol. The van der Waals surface area contributed by atoms with E-state index in [-0.39, 0.29) is 11.9 Å². The highest BCUT2D eigenvalue weighted by Gasteiger charge is 2.19. The van der Waals surface area contributed by atoms with E-state index in [0.717, 1.165) is 30.2 Å². The molecule has 0 N–H and O–H groups in total. The smallest absolute Gasteiger partial charge is 0.142 e. The molecule has 1 unspecified atom stereocenters. The summed E-state index contributed by atoms with van der Waals surface area (Å²) in [6.07, 6.45) is 3.31. The van der Waals surface area contributed by atoms with E-state index in [1.165, 1.54) is 0 Å². The van der Waals surface area contributed by atoms with Gasteiger partial charge in [0, 0.05) is 24.1 Å². The summed E-state index contributed by atoms with van der Waals surface area (Å²) < 4.78 is 5.43. The van der Waals surface area contributed by atoms with Gasteiger partial charge in [-0.2, -0.15) is 0 Å². The van der Waals surface area contributed by atoms with Crippen LogP contribution in [0.4, 0.5) is 0 Å². The minimum absolute atomic E-state index is 0.165.